The number of thioether (sulfide) groups is 1. The average molecular weight is 439 g/mol. The maximum atomic E-state index is 13.2. The maximum absolute atomic E-state index is 13.2. The van der Waals surface area contributed by atoms with Crippen molar-refractivity contribution in [3.05, 3.63) is 35.6 Å². The first-order valence-electron chi connectivity index (χ1n) is 10.2. The van der Waals surface area contributed by atoms with Crippen molar-refractivity contribution in [3.63, 3.8) is 0 Å². The van der Waals surface area contributed by atoms with Crippen molar-refractivity contribution < 1.29 is 28.6 Å². The first-order chi connectivity index (χ1) is 14.4. The van der Waals surface area contributed by atoms with Gasteiger partial charge in [-0.05, 0) is 56.7 Å². The zero-order valence-corrected chi connectivity index (χ0v) is 17.7. The molecular weight excluding hydrogens is 411 g/mol. The van der Waals surface area contributed by atoms with Gasteiger partial charge in [0, 0.05) is 5.75 Å². The number of fused-ring (bicyclic) bond motifs is 1. The molecule has 7 nitrogen and oxygen atoms in total. The number of rotatable bonds is 8. The molecule has 2 aliphatic heterocycles. The number of nitrogens with one attached hydrogen (secondary N) is 1. The molecule has 0 saturated carbocycles. The van der Waals surface area contributed by atoms with Crippen molar-refractivity contribution in [2.24, 2.45) is 0 Å². The minimum Gasteiger partial charge on any atom is -0.480 e. The molecule has 0 bridgehead atoms. The molecule has 0 aliphatic carbocycles. The molecule has 164 valence electrons. The maximum Gasteiger partial charge on any atom is 0.327 e. The predicted octanol–water partition coefficient (Wildman–Crippen LogP) is 2.19. The van der Waals surface area contributed by atoms with E-state index in [1.165, 1.54) is 28.8 Å². The summed E-state index contributed by atoms with van der Waals surface area (Å²) in [6.07, 6.45) is 2.92. The number of benzene rings is 1. The van der Waals surface area contributed by atoms with E-state index in [0.717, 1.165) is 18.4 Å². The van der Waals surface area contributed by atoms with Crippen LogP contribution in [-0.4, -0.2) is 63.7 Å². The molecule has 2 aliphatic rings. The van der Waals surface area contributed by atoms with E-state index in [2.05, 4.69) is 5.32 Å². The van der Waals surface area contributed by atoms with Crippen LogP contribution in [0.25, 0.3) is 0 Å². The lowest BCUT2D eigenvalue weighted by atomic mass is 10.0. The van der Waals surface area contributed by atoms with Crippen molar-refractivity contribution in [2.75, 3.05) is 12.4 Å². The molecule has 0 spiro atoms. The van der Waals surface area contributed by atoms with E-state index in [4.69, 9.17) is 4.74 Å². The SMILES string of the molecule is CCOC(=O)C(CCc1ccc(F)cc1)N[C@H]1CCC[C@H]2SC[C@@H](C(=O)O)N2C1=O. The first kappa shape index (κ1) is 22.6. The van der Waals surface area contributed by atoms with Crippen molar-refractivity contribution in [1.82, 2.24) is 10.2 Å². The van der Waals surface area contributed by atoms with Crippen LogP contribution in [0.2, 0.25) is 0 Å². The van der Waals surface area contributed by atoms with E-state index >= 15 is 0 Å². The summed E-state index contributed by atoms with van der Waals surface area (Å²) in [6.45, 7) is 1.94. The number of hydrogen-bond acceptors (Lipinski definition) is 6. The summed E-state index contributed by atoms with van der Waals surface area (Å²) in [6, 6.07) is 3.88. The molecule has 0 aromatic heterocycles. The Morgan fingerprint density at radius 2 is 2.07 bits per heavy atom. The topological polar surface area (TPSA) is 95.9 Å². The van der Waals surface area contributed by atoms with E-state index in [1.54, 1.807) is 19.1 Å². The summed E-state index contributed by atoms with van der Waals surface area (Å²) >= 11 is 1.50. The monoisotopic (exact) mass is 438 g/mol. The Labute approximate surface area is 179 Å². The molecule has 1 unspecified atom stereocenters. The van der Waals surface area contributed by atoms with E-state index in [1.807, 2.05) is 0 Å². The Kier molecular flexibility index (Phi) is 7.71. The lowest BCUT2D eigenvalue weighted by Crippen LogP contribution is -2.55. The zero-order chi connectivity index (χ0) is 21.7. The van der Waals surface area contributed by atoms with Crippen molar-refractivity contribution in [2.45, 2.75) is 62.5 Å². The highest BCUT2D eigenvalue weighted by Crippen LogP contribution is 2.35. The number of esters is 1. The summed E-state index contributed by atoms with van der Waals surface area (Å²) < 4.78 is 18.3. The third kappa shape index (κ3) is 5.31. The first-order valence-corrected chi connectivity index (χ1v) is 11.3. The number of aliphatic carboxylic acids is 1. The smallest absolute Gasteiger partial charge is 0.327 e. The van der Waals surface area contributed by atoms with Crippen LogP contribution < -0.4 is 5.32 Å². The van der Waals surface area contributed by atoms with E-state index in [0.29, 0.717) is 25.0 Å². The Morgan fingerprint density at radius 3 is 2.73 bits per heavy atom. The van der Waals surface area contributed by atoms with Crippen LogP contribution in [0.4, 0.5) is 4.39 Å². The van der Waals surface area contributed by atoms with Crippen LogP contribution >= 0.6 is 11.8 Å². The van der Waals surface area contributed by atoms with Crippen LogP contribution in [0.15, 0.2) is 24.3 Å². The zero-order valence-electron chi connectivity index (χ0n) is 16.9. The van der Waals surface area contributed by atoms with Crippen molar-refractivity contribution in [3.8, 4) is 0 Å². The van der Waals surface area contributed by atoms with Gasteiger partial charge >= 0.3 is 11.9 Å². The molecule has 30 heavy (non-hydrogen) atoms. The Balaban J connectivity index is 1.71. The van der Waals surface area contributed by atoms with Gasteiger partial charge in [0.05, 0.1) is 18.0 Å². The molecule has 3 rings (SSSR count). The third-order valence-electron chi connectivity index (χ3n) is 5.48. The van der Waals surface area contributed by atoms with Gasteiger partial charge in [-0.1, -0.05) is 12.1 Å². The molecule has 0 radical (unpaired) electrons. The number of carbonyl (C=O) groups excluding carboxylic acids is 2. The van der Waals surface area contributed by atoms with E-state index in [-0.39, 0.29) is 23.7 Å². The summed E-state index contributed by atoms with van der Waals surface area (Å²) in [4.78, 5) is 38.7. The minimum atomic E-state index is -1.00. The number of ether oxygens (including phenoxy) is 1. The van der Waals surface area contributed by atoms with Crippen molar-refractivity contribution in [1.29, 1.82) is 0 Å². The molecule has 4 atom stereocenters. The quantitative estimate of drug-likeness (QED) is 0.601. The van der Waals surface area contributed by atoms with Crippen LogP contribution in [0.5, 0.6) is 0 Å². The highest BCUT2D eigenvalue weighted by atomic mass is 32.2. The average Bonchev–Trinajstić information content (AvgIpc) is 3.08. The van der Waals surface area contributed by atoms with E-state index < -0.39 is 30.1 Å². The number of amides is 1. The fourth-order valence-electron chi connectivity index (χ4n) is 3.94. The number of carboxylic acids is 1. The fourth-order valence-corrected chi connectivity index (χ4v) is 5.40. The number of halogens is 1. The molecule has 1 aromatic carbocycles. The predicted molar refractivity (Wildman–Crippen MR) is 110 cm³/mol. The fraction of sp³-hybridized carbons (Fsp3) is 0.571. The van der Waals surface area contributed by atoms with Gasteiger partial charge in [-0.25, -0.2) is 9.18 Å². The van der Waals surface area contributed by atoms with Crippen LogP contribution in [0.3, 0.4) is 0 Å². The molecule has 2 N–H and O–H groups in total. The Bertz CT molecular complexity index is 775. The lowest BCUT2D eigenvalue weighted by Gasteiger charge is -2.30. The minimum absolute atomic E-state index is 0.134. The van der Waals surface area contributed by atoms with Gasteiger partial charge in [0.2, 0.25) is 5.91 Å². The summed E-state index contributed by atoms with van der Waals surface area (Å²) in [7, 11) is 0. The molecular formula is C21H27FN2O5S. The van der Waals surface area contributed by atoms with Crippen LogP contribution in [0.1, 0.15) is 38.2 Å². The number of carboxylic acid groups (broad SMARTS) is 1. The highest BCUT2D eigenvalue weighted by Gasteiger charge is 2.45. The Hall–Kier alpha value is -2.13. The van der Waals surface area contributed by atoms with Gasteiger partial charge in [0.15, 0.2) is 0 Å². The number of nitrogens with zero attached hydrogens (tertiary/aromatic N) is 1. The summed E-state index contributed by atoms with van der Waals surface area (Å²) in [5.74, 6) is -1.67. The van der Waals surface area contributed by atoms with Gasteiger partial charge in [-0.2, -0.15) is 0 Å². The lowest BCUT2D eigenvalue weighted by molar-refractivity contribution is -0.151. The van der Waals surface area contributed by atoms with Gasteiger partial charge in [-0.15, -0.1) is 11.8 Å². The standard InChI is InChI=1S/C21H27FN2O5S/c1-2-29-21(28)16(11-8-13-6-9-14(22)10-7-13)23-15-4-3-5-18-24(19(15)25)17(12-30-18)20(26)27/h6-7,9-10,15-18,23H,2-5,8,11-12H2,1H3,(H,26,27)/t15-,16?,17-,18+/m0/s1. The van der Waals surface area contributed by atoms with Gasteiger partial charge < -0.3 is 14.7 Å². The van der Waals surface area contributed by atoms with Gasteiger partial charge in [0.25, 0.3) is 0 Å². The van der Waals surface area contributed by atoms with Crippen LogP contribution in [0, 0.1) is 5.82 Å². The van der Waals surface area contributed by atoms with Crippen molar-refractivity contribution >= 4 is 29.6 Å². The number of carbonyl (C=O) groups is 3. The summed E-state index contributed by atoms with van der Waals surface area (Å²) in [5, 5.41) is 12.5. The van der Waals surface area contributed by atoms with Gasteiger partial charge in [0.1, 0.15) is 17.9 Å². The second kappa shape index (κ2) is 10.3. The normalized spacial score (nSPS) is 24.8. The Morgan fingerprint density at radius 1 is 1.33 bits per heavy atom. The number of hydrogen-bond donors (Lipinski definition) is 2. The molecule has 9 heteroatoms. The molecule has 1 amide bonds. The molecule has 2 fully saturated rings. The number of aryl methyl sites for hydroxylation is 1. The molecule has 2 saturated heterocycles. The molecule has 2 heterocycles. The second-order valence-corrected chi connectivity index (χ2v) is 8.72. The molecule has 1 aromatic rings. The summed E-state index contributed by atoms with van der Waals surface area (Å²) in [5.41, 5.74) is 0.877. The van der Waals surface area contributed by atoms with Gasteiger partial charge in [-0.3, -0.25) is 14.9 Å². The largest absolute Gasteiger partial charge is 0.480 e. The second-order valence-electron chi connectivity index (χ2n) is 7.51. The third-order valence-corrected chi connectivity index (χ3v) is 6.84. The van der Waals surface area contributed by atoms with Crippen LogP contribution in [-0.2, 0) is 25.5 Å². The van der Waals surface area contributed by atoms with E-state index in [9.17, 15) is 23.9 Å². The highest BCUT2D eigenvalue weighted by molar-refractivity contribution is 8.00.